The zero-order chi connectivity index (χ0) is 18.8. The molecule has 1 aliphatic rings. The van der Waals surface area contributed by atoms with Crippen LogP contribution in [0.3, 0.4) is 0 Å². The van der Waals surface area contributed by atoms with Gasteiger partial charge in [-0.2, -0.15) is 4.99 Å². The number of amides is 1. The number of aromatic nitrogens is 1. The van der Waals surface area contributed by atoms with Gasteiger partial charge in [-0.25, -0.2) is 9.37 Å². The Morgan fingerprint density at radius 2 is 1.85 bits per heavy atom. The van der Waals surface area contributed by atoms with Crippen LogP contribution in [-0.2, 0) is 4.79 Å². The van der Waals surface area contributed by atoms with E-state index in [-0.39, 0.29) is 11.7 Å². The van der Waals surface area contributed by atoms with Crippen molar-refractivity contribution in [1.29, 1.82) is 0 Å². The summed E-state index contributed by atoms with van der Waals surface area (Å²) in [6.07, 6.45) is 1.56. The van der Waals surface area contributed by atoms with Gasteiger partial charge in [0.2, 0.25) is 5.13 Å². The van der Waals surface area contributed by atoms with E-state index in [4.69, 9.17) is 0 Å². The maximum atomic E-state index is 14.0. The van der Waals surface area contributed by atoms with E-state index in [1.54, 1.807) is 24.3 Å². The molecular formula is C20H14FN3OS2. The van der Waals surface area contributed by atoms with Crippen LogP contribution in [0.2, 0.25) is 0 Å². The third-order valence-corrected chi connectivity index (χ3v) is 5.63. The molecule has 1 fully saturated rings. The van der Waals surface area contributed by atoms with Gasteiger partial charge in [0.05, 0.1) is 16.3 Å². The minimum absolute atomic E-state index is 0.235. The van der Waals surface area contributed by atoms with Crippen molar-refractivity contribution in [1.82, 2.24) is 4.98 Å². The van der Waals surface area contributed by atoms with E-state index in [1.807, 2.05) is 42.6 Å². The Kier molecular flexibility index (Phi) is 4.87. The molecule has 1 saturated heterocycles. The molecule has 1 aromatic heterocycles. The van der Waals surface area contributed by atoms with Crippen molar-refractivity contribution in [3.63, 3.8) is 0 Å². The Morgan fingerprint density at radius 1 is 1.11 bits per heavy atom. The van der Waals surface area contributed by atoms with Crippen LogP contribution in [-0.4, -0.2) is 16.1 Å². The number of rotatable bonds is 3. The van der Waals surface area contributed by atoms with Gasteiger partial charge in [-0.1, -0.05) is 36.4 Å². The lowest BCUT2D eigenvalue weighted by Crippen LogP contribution is -2.28. The smallest absolute Gasteiger partial charge is 0.268 e. The van der Waals surface area contributed by atoms with E-state index >= 15 is 0 Å². The molecule has 2 aromatic carbocycles. The summed E-state index contributed by atoms with van der Waals surface area (Å²) < 4.78 is 14.0. The van der Waals surface area contributed by atoms with Gasteiger partial charge in [0.1, 0.15) is 5.82 Å². The molecule has 1 aliphatic heterocycles. The Balaban J connectivity index is 1.78. The minimum atomic E-state index is -0.370. The summed E-state index contributed by atoms with van der Waals surface area (Å²) in [5.41, 5.74) is 1.95. The van der Waals surface area contributed by atoms with Crippen molar-refractivity contribution < 1.29 is 9.18 Å². The van der Waals surface area contributed by atoms with Crippen LogP contribution in [0.15, 0.2) is 69.9 Å². The first-order chi connectivity index (χ1) is 13.1. The molecule has 27 heavy (non-hydrogen) atoms. The number of amidine groups is 1. The van der Waals surface area contributed by atoms with Gasteiger partial charge in [-0.15, -0.1) is 11.3 Å². The average molecular weight is 395 g/mol. The fourth-order valence-corrected chi connectivity index (χ4v) is 4.26. The third-order valence-electron chi connectivity index (χ3n) is 3.81. The maximum Gasteiger partial charge on any atom is 0.271 e. The summed E-state index contributed by atoms with van der Waals surface area (Å²) in [7, 11) is 0. The van der Waals surface area contributed by atoms with Crippen molar-refractivity contribution in [2.45, 2.75) is 6.92 Å². The highest BCUT2D eigenvalue weighted by atomic mass is 32.2. The lowest BCUT2D eigenvalue weighted by atomic mass is 10.2. The first-order valence-electron chi connectivity index (χ1n) is 8.16. The molecule has 0 spiro atoms. The van der Waals surface area contributed by atoms with E-state index in [2.05, 4.69) is 9.98 Å². The molecule has 4 nitrogen and oxygen atoms in total. The SMILES string of the molecule is Cc1csc(/N=C2/S/C(=C\c3ccccc3F)C(=O)N2c2ccccc2)n1. The Bertz CT molecular complexity index is 1060. The van der Waals surface area contributed by atoms with Crippen LogP contribution in [0.4, 0.5) is 15.2 Å². The second kappa shape index (κ2) is 7.46. The molecule has 7 heteroatoms. The Morgan fingerprint density at radius 3 is 2.56 bits per heavy atom. The van der Waals surface area contributed by atoms with E-state index in [0.717, 1.165) is 5.69 Å². The number of halogens is 1. The van der Waals surface area contributed by atoms with E-state index in [9.17, 15) is 9.18 Å². The summed E-state index contributed by atoms with van der Waals surface area (Å²) in [6, 6.07) is 15.7. The highest BCUT2D eigenvalue weighted by Gasteiger charge is 2.35. The maximum absolute atomic E-state index is 14.0. The predicted molar refractivity (Wildman–Crippen MR) is 110 cm³/mol. The molecule has 3 aromatic rings. The first kappa shape index (κ1) is 17.6. The number of nitrogens with zero attached hydrogens (tertiary/aromatic N) is 3. The number of thiazole rings is 1. The number of aryl methyl sites for hydroxylation is 1. The highest BCUT2D eigenvalue weighted by molar-refractivity contribution is 8.19. The van der Waals surface area contributed by atoms with Gasteiger partial charge in [0, 0.05) is 10.9 Å². The summed E-state index contributed by atoms with van der Waals surface area (Å²) in [5, 5.41) is 2.99. The summed E-state index contributed by atoms with van der Waals surface area (Å²) in [5.74, 6) is -0.605. The zero-order valence-corrected chi connectivity index (χ0v) is 15.9. The molecule has 134 valence electrons. The fourth-order valence-electron chi connectivity index (χ4n) is 2.56. The second-order valence-electron chi connectivity index (χ2n) is 5.77. The first-order valence-corrected chi connectivity index (χ1v) is 9.86. The summed E-state index contributed by atoms with van der Waals surface area (Å²) in [4.78, 5) is 23.9. The lowest BCUT2D eigenvalue weighted by Gasteiger charge is -2.14. The molecule has 2 heterocycles. The number of carbonyl (C=O) groups excluding carboxylic acids is 1. The van der Waals surface area contributed by atoms with Crippen LogP contribution in [0.1, 0.15) is 11.3 Å². The molecule has 0 bridgehead atoms. The Labute approximate surface area is 164 Å². The fraction of sp³-hybridized carbons (Fsp3) is 0.0500. The van der Waals surface area contributed by atoms with Crippen molar-refractivity contribution in [2.24, 2.45) is 4.99 Å². The topological polar surface area (TPSA) is 45.6 Å². The largest absolute Gasteiger partial charge is 0.271 e. The van der Waals surface area contributed by atoms with Gasteiger partial charge in [-0.3, -0.25) is 9.69 Å². The highest BCUT2D eigenvalue weighted by Crippen LogP contribution is 2.37. The molecular weight excluding hydrogens is 381 g/mol. The average Bonchev–Trinajstić information content (AvgIpc) is 3.21. The monoisotopic (exact) mass is 395 g/mol. The summed E-state index contributed by atoms with van der Waals surface area (Å²) in [6.45, 7) is 1.89. The number of thioether (sulfide) groups is 1. The van der Waals surface area contributed by atoms with Gasteiger partial charge in [-0.05, 0) is 43.0 Å². The molecule has 0 saturated carbocycles. The minimum Gasteiger partial charge on any atom is -0.268 e. The summed E-state index contributed by atoms with van der Waals surface area (Å²) >= 11 is 2.63. The Hall–Kier alpha value is -2.77. The van der Waals surface area contributed by atoms with Crippen LogP contribution < -0.4 is 4.90 Å². The van der Waals surface area contributed by atoms with Crippen LogP contribution >= 0.6 is 23.1 Å². The van der Waals surface area contributed by atoms with Crippen molar-refractivity contribution in [2.75, 3.05) is 4.90 Å². The van der Waals surface area contributed by atoms with Crippen LogP contribution in [0, 0.1) is 12.7 Å². The number of benzene rings is 2. The van der Waals surface area contributed by atoms with Gasteiger partial charge >= 0.3 is 0 Å². The van der Waals surface area contributed by atoms with Gasteiger partial charge in [0.25, 0.3) is 5.91 Å². The standard InChI is InChI=1S/C20H14FN3OS2/c1-13-12-26-19(22-13)23-20-24(15-8-3-2-4-9-15)18(25)17(27-20)11-14-7-5-6-10-16(14)21/h2-12H,1H3/b17-11-,23-20+. The molecule has 1 amide bonds. The van der Waals surface area contributed by atoms with Crippen molar-refractivity contribution >= 4 is 51.1 Å². The van der Waals surface area contributed by atoms with E-state index < -0.39 is 0 Å². The number of carbonyl (C=O) groups is 1. The van der Waals surface area contributed by atoms with Crippen LogP contribution in [0.5, 0.6) is 0 Å². The molecule has 0 radical (unpaired) electrons. The van der Waals surface area contributed by atoms with E-state index in [0.29, 0.717) is 26.5 Å². The molecule has 0 N–H and O–H groups in total. The van der Waals surface area contributed by atoms with Crippen molar-refractivity contribution in [3.05, 3.63) is 82.0 Å². The number of anilines is 1. The molecule has 0 aliphatic carbocycles. The third kappa shape index (κ3) is 3.70. The number of aliphatic imine (C=N–C) groups is 1. The quantitative estimate of drug-likeness (QED) is 0.558. The number of para-hydroxylation sites is 1. The normalized spacial score (nSPS) is 17.3. The number of hydrogen-bond acceptors (Lipinski definition) is 5. The predicted octanol–water partition coefficient (Wildman–Crippen LogP) is 5.40. The lowest BCUT2D eigenvalue weighted by molar-refractivity contribution is -0.113. The molecule has 0 atom stereocenters. The van der Waals surface area contributed by atoms with E-state index in [1.165, 1.54) is 34.1 Å². The zero-order valence-electron chi connectivity index (χ0n) is 14.3. The molecule has 0 unspecified atom stereocenters. The van der Waals surface area contributed by atoms with Crippen LogP contribution in [0.25, 0.3) is 6.08 Å². The van der Waals surface area contributed by atoms with Crippen molar-refractivity contribution in [3.8, 4) is 0 Å². The second-order valence-corrected chi connectivity index (χ2v) is 7.62. The molecule has 4 rings (SSSR count). The van der Waals surface area contributed by atoms with Gasteiger partial charge < -0.3 is 0 Å². The number of hydrogen-bond donors (Lipinski definition) is 0. The van der Waals surface area contributed by atoms with Gasteiger partial charge in [0.15, 0.2) is 5.17 Å².